The molecule has 1 aliphatic rings. The largest absolute Gasteiger partial charge is 0.350 e. The van der Waals surface area contributed by atoms with E-state index in [1.165, 1.54) is 0 Å². The molecule has 0 unspecified atom stereocenters. The van der Waals surface area contributed by atoms with Crippen molar-refractivity contribution in [1.29, 1.82) is 0 Å². The number of rotatable bonds is 3. The minimum absolute atomic E-state index is 0.0491. The predicted octanol–water partition coefficient (Wildman–Crippen LogP) is 2.62. The summed E-state index contributed by atoms with van der Waals surface area (Å²) in [7, 11) is 0. The van der Waals surface area contributed by atoms with E-state index in [4.69, 9.17) is 15.0 Å². The molecule has 1 heterocycles. The summed E-state index contributed by atoms with van der Waals surface area (Å²) in [5, 5.41) is 3.68. The molecule has 0 aromatic rings. The van der Waals surface area contributed by atoms with E-state index in [1.807, 2.05) is 20.8 Å². The molecule has 0 N–H and O–H groups in total. The van der Waals surface area contributed by atoms with Crippen LogP contribution in [0.15, 0.2) is 5.11 Å². The molecule has 14 heavy (non-hydrogen) atoms. The molecule has 80 valence electrons. The van der Waals surface area contributed by atoms with Crippen molar-refractivity contribution >= 4 is 0 Å². The monoisotopic (exact) mass is 199 g/mol. The Morgan fingerprint density at radius 3 is 2.71 bits per heavy atom. The van der Waals surface area contributed by atoms with Crippen LogP contribution in [0.4, 0.5) is 0 Å². The van der Waals surface area contributed by atoms with E-state index in [0.717, 1.165) is 12.8 Å². The molecule has 0 aromatic heterocycles. The third-order valence-electron chi connectivity index (χ3n) is 2.23. The number of hydrogen-bond donors (Lipinski definition) is 0. The van der Waals surface area contributed by atoms with Crippen molar-refractivity contribution in [1.82, 2.24) is 0 Å². The van der Waals surface area contributed by atoms with Crippen LogP contribution >= 0.6 is 0 Å². The Hall–Kier alpha value is -0.770. The first-order chi connectivity index (χ1) is 6.63. The second kappa shape index (κ2) is 5.20. The summed E-state index contributed by atoms with van der Waals surface area (Å²) in [5.74, 6) is 0. The van der Waals surface area contributed by atoms with Gasteiger partial charge in [-0.25, -0.2) is 0 Å². The maximum absolute atomic E-state index is 8.32. The minimum atomic E-state index is -0.143. The molecular formula is C9H17N3O2. The zero-order valence-corrected chi connectivity index (χ0v) is 8.88. The maximum atomic E-state index is 8.32. The Morgan fingerprint density at radius 1 is 1.50 bits per heavy atom. The normalized spacial score (nSPS) is 32.7. The highest BCUT2D eigenvalue weighted by atomic mass is 16.7. The van der Waals surface area contributed by atoms with Gasteiger partial charge >= 0.3 is 0 Å². The molecule has 5 nitrogen and oxygen atoms in total. The van der Waals surface area contributed by atoms with Gasteiger partial charge in [-0.2, -0.15) is 0 Å². The highest BCUT2D eigenvalue weighted by molar-refractivity contribution is 4.79. The van der Waals surface area contributed by atoms with E-state index in [2.05, 4.69) is 10.0 Å². The molecule has 0 spiro atoms. The van der Waals surface area contributed by atoms with Gasteiger partial charge in [-0.1, -0.05) is 5.11 Å². The van der Waals surface area contributed by atoms with Gasteiger partial charge < -0.3 is 9.47 Å². The number of azide groups is 1. The van der Waals surface area contributed by atoms with Gasteiger partial charge in [0.1, 0.15) is 0 Å². The maximum Gasteiger partial charge on any atom is 0.158 e. The number of hydrogen-bond acceptors (Lipinski definition) is 3. The first-order valence-electron chi connectivity index (χ1n) is 4.98. The number of ether oxygens (including phenoxy) is 2. The first-order valence-corrected chi connectivity index (χ1v) is 4.98. The van der Waals surface area contributed by atoms with E-state index in [0.29, 0.717) is 0 Å². The summed E-state index contributed by atoms with van der Waals surface area (Å²) in [4.78, 5) is 2.80. The van der Waals surface area contributed by atoms with Crippen molar-refractivity contribution < 1.29 is 9.47 Å². The molecule has 0 saturated carbocycles. The third-order valence-corrected chi connectivity index (χ3v) is 2.23. The van der Waals surface area contributed by atoms with Crippen molar-refractivity contribution in [3.63, 3.8) is 0 Å². The zero-order chi connectivity index (χ0) is 10.6. The van der Waals surface area contributed by atoms with Crippen LogP contribution in [-0.2, 0) is 9.47 Å². The van der Waals surface area contributed by atoms with Crippen LogP contribution in [0.1, 0.15) is 33.6 Å². The van der Waals surface area contributed by atoms with Crippen molar-refractivity contribution in [3.8, 4) is 0 Å². The SMILES string of the molecule is CC(C)O[C@@H]1CC[C@@H](N=[N+]=[N-])[C@@H](C)O1. The van der Waals surface area contributed by atoms with Crippen LogP contribution in [0.5, 0.6) is 0 Å². The van der Waals surface area contributed by atoms with Crippen LogP contribution in [-0.4, -0.2) is 24.5 Å². The Morgan fingerprint density at radius 2 is 2.21 bits per heavy atom. The van der Waals surface area contributed by atoms with Crippen molar-refractivity contribution in [2.45, 2.75) is 58.2 Å². The Kier molecular flexibility index (Phi) is 4.20. The average molecular weight is 199 g/mol. The molecule has 1 aliphatic heterocycles. The van der Waals surface area contributed by atoms with Gasteiger partial charge in [-0.15, -0.1) is 0 Å². The highest BCUT2D eigenvalue weighted by Gasteiger charge is 2.28. The summed E-state index contributed by atoms with van der Waals surface area (Å²) < 4.78 is 11.1. The lowest BCUT2D eigenvalue weighted by Gasteiger charge is -2.32. The fraction of sp³-hybridized carbons (Fsp3) is 1.00. The van der Waals surface area contributed by atoms with E-state index in [9.17, 15) is 0 Å². The van der Waals surface area contributed by atoms with Crippen LogP contribution in [0.25, 0.3) is 10.4 Å². The summed E-state index contributed by atoms with van der Waals surface area (Å²) in [6, 6.07) is -0.0491. The lowest BCUT2D eigenvalue weighted by Crippen LogP contribution is -2.37. The lowest BCUT2D eigenvalue weighted by molar-refractivity contribution is -0.208. The Bertz CT molecular complexity index is 226. The minimum Gasteiger partial charge on any atom is -0.350 e. The van der Waals surface area contributed by atoms with E-state index in [1.54, 1.807) is 0 Å². The van der Waals surface area contributed by atoms with Crippen LogP contribution in [0.3, 0.4) is 0 Å². The second-order valence-corrected chi connectivity index (χ2v) is 3.81. The summed E-state index contributed by atoms with van der Waals surface area (Å²) in [6.07, 6.45) is 1.61. The molecule has 0 radical (unpaired) electrons. The van der Waals surface area contributed by atoms with Crippen LogP contribution in [0, 0.1) is 0 Å². The molecular weight excluding hydrogens is 182 g/mol. The molecule has 1 saturated heterocycles. The standard InChI is InChI=1S/C9H17N3O2/c1-6(2)13-9-5-4-8(11-12-10)7(3)14-9/h6-9H,4-5H2,1-3H3/t7-,8-,9+/m1/s1. The van der Waals surface area contributed by atoms with Crippen LogP contribution in [0.2, 0.25) is 0 Å². The smallest absolute Gasteiger partial charge is 0.158 e. The van der Waals surface area contributed by atoms with E-state index >= 15 is 0 Å². The third kappa shape index (κ3) is 3.18. The average Bonchev–Trinajstić information content (AvgIpc) is 2.09. The molecule has 3 atom stereocenters. The van der Waals surface area contributed by atoms with E-state index in [-0.39, 0.29) is 24.5 Å². The molecule has 1 fully saturated rings. The van der Waals surface area contributed by atoms with Gasteiger partial charge in [0.2, 0.25) is 0 Å². The van der Waals surface area contributed by atoms with E-state index < -0.39 is 0 Å². The van der Waals surface area contributed by atoms with Crippen LogP contribution < -0.4 is 0 Å². The summed E-state index contributed by atoms with van der Waals surface area (Å²) in [5.41, 5.74) is 8.32. The second-order valence-electron chi connectivity index (χ2n) is 3.81. The molecule has 0 amide bonds. The fourth-order valence-corrected chi connectivity index (χ4v) is 1.56. The predicted molar refractivity (Wildman–Crippen MR) is 52.7 cm³/mol. The van der Waals surface area contributed by atoms with Crippen molar-refractivity contribution in [3.05, 3.63) is 10.4 Å². The molecule has 1 rings (SSSR count). The topological polar surface area (TPSA) is 67.2 Å². The first kappa shape index (κ1) is 11.3. The van der Waals surface area contributed by atoms with Gasteiger partial charge in [0.15, 0.2) is 6.29 Å². The molecule has 0 bridgehead atoms. The number of nitrogens with zero attached hydrogens (tertiary/aromatic N) is 3. The Labute approximate surface area is 84.0 Å². The molecule has 0 aliphatic carbocycles. The van der Waals surface area contributed by atoms with Crippen molar-refractivity contribution in [2.24, 2.45) is 5.11 Å². The fourth-order valence-electron chi connectivity index (χ4n) is 1.56. The highest BCUT2D eigenvalue weighted by Crippen LogP contribution is 2.23. The van der Waals surface area contributed by atoms with Gasteiger partial charge in [-0.05, 0) is 39.1 Å². The quantitative estimate of drug-likeness (QED) is 0.398. The molecule has 0 aromatic carbocycles. The zero-order valence-electron chi connectivity index (χ0n) is 8.88. The van der Waals surface area contributed by atoms with Gasteiger partial charge in [0, 0.05) is 4.91 Å². The summed E-state index contributed by atoms with van der Waals surface area (Å²) in [6.45, 7) is 5.87. The van der Waals surface area contributed by atoms with Gasteiger partial charge in [-0.3, -0.25) is 0 Å². The Balaban J connectivity index is 2.42. The molecule has 5 heteroatoms. The lowest BCUT2D eigenvalue weighted by atomic mass is 10.0. The van der Waals surface area contributed by atoms with Crippen molar-refractivity contribution in [2.75, 3.05) is 0 Å². The summed E-state index contributed by atoms with van der Waals surface area (Å²) >= 11 is 0. The van der Waals surface area contributed by atoms with Gasteiger partial charge in [0.25, 0.3) is 0 Å². The van der Waals surface area contributed by atoms with Gasteiger partial charge in [0.05, 0.1) is 18.2 Å².